The average Bonchev–Trinajstić information content (AvgIpc) is 2.36. The van der Waals surface area contributed by atoms with Crippen LogP contribution in [0.25, 0.3) is 0 Å². The van der Waals surface area contributed by atoms with Gasteiger partial charge in [0.1, 0.15) is 5.69 Å². The maximum atomic E-state index is 12.1. The summed E-state index contributed by atoms with van der Waals surface area (Å²) in [4.78, 5) is 24.0. The molecule has 0 fully saturated rings. The third kappa shape index (κ3) is 2.80. The minimum Gasteiger partial charge on any atom is -0.393 e. The van der Waals surface area contributed by atoms with Crippen molar-refractivity contribution in [3.8, 4) is 0 Å². The van der Waals surface area contributed by atoms with Crippen molar-refractivity contribution in [1.29, 1.82) is 0 Å². The normalized spacial score (nSPS) is 10.8. The molecule has 0 saturated heterocycles. The lowest BCUT2D eigenvalue weighted by Gasteiger charge is -2.14. The van der Waals surface area contributed by atoms with E-state index in [0.29, 0.717) is 18.8 Å². The van der Waals surface area contributed by atoms with E-state index in [1.165, 1.54) is 11.7 Å². The van der Waals surface area contributed by atoms with E-state index in [0.717, 1.165) is 4.57 Å². The van der Waals surface area contributed by atoms with Gasteiger partial charge in [-0.15, -0.1) is 0 Å². The fourth-order valence-corrected chi connectivity index (χ4v) is 1.65. The molecular formula is C11H19N3O4. The number of nitrogens with zero attached hydrogens (tertiary/aromatic N) is 2. The number of aromatic nitrogens is 2. The van der Waals surface area contributed by atoms with Crippen molar-refractivity contribution in [2.75, 3.05) is 33.2 Å². The van der Waals surface area contributed by atoms with Crippen LogP contribution in [0, 0.1) is 6.92 Å². The number of nitrogens with two attached hydrogens (primary N) is 1. The first-order valence-corrected chi connectivity index (χ1v) is 5.62. The zero-order valence-corrected chi connectivity index (χ0v) is 10.9. The lowest BCUT2D eigenvalue weighted by molar-refractivity contribution is 0.177. The summed E-state index contributed by atoms with van der Waals surface area (Å²) in [6.45, 7) is 2.85. The second kappa shape index (κ2) is 6.36. The fourth-order valence-electron chi connectivity index (χ4n) is 1.65. The van der Waals surface area contributed by atoms with Gasteiger partial charge in [-0.1, -0.05) is 0 Å². The summed E-state index contributed by atoms with van der Waals surface area (Å²) in [7, 11) is 3.05. The van der Waals surface area contributed by atoms with Crippen LogP contribution in [0.15, 0.2) is 9.59 Å². The molecule has 0 amide bonds. The van der Waals surface area contributed by atoms with Crippen molar-refractivity contribution >= 4 is 5.69 Å². The van der Waals surface area contributed by atoms with E-state index in [9.17, 15) is 9.59 Å². The Labute approximate surface area is 105 Å². The van der Waals surface area contributed by atoms with Crippen LogP contribution in [-0.2, 0) is 22.6 Å². The Morgan fingerprint density at radius 3 is 2.06 bits per heavy atom. The molecular weight excluding hydrogens is 238 g/mol. The molecule has 0 spiro atoms. The Bertz CT molecular complexity index is 518. The third-order valence-electron chi connectivity index (χ3n) is 2.77. The predicted molar refractivity (Wildman–Crippen MR) is 67.9 cm³/mol. The molecule has 18 heavy (non-hydrogen) atoms. The van der Waals surface area contributed by atoms with Crippen LogP contribution in [0.5, 0.6) is 0 Å². The highest BCUT2D eigenvalue weighted by atomic mass is 16.5. The van der Waals surface area contributed by atoms with Crippen LogP contribution in [0.2, 0.25) is 0 Å². The van der Waals surface area contributed by atoms with Crippen molar-refractivity contribution in [2.45, 2.75) is 20.0 Å². The summed E-state index contributed by atoms with van der Waals surface area (Å²) < 4.78 is 12.3. The maximum absolute atomic E-state index is 12.1. The highest BCUT2D eigenvalue weighted by molar-refractivity contribution is 5.39. The topological polar surface area (TPSA) is 88.5 Å². The second-order valence-corrected chi connectivity index (χ2v) is 3.88. The standard InChI is InChI=1S/C11H19N3O4/c1-8-9(12)10(15)14(5-7-18-3)11(16)13(8)4-6-17-2/h4-7,12H2,1-3H3. The number of nitrogen functional groups attached to an aromatic ring is 1. The number of anilines is 1. The summed E-state index contributed by atoms with van der Waals surface area (Å²) in [6, 6.07) is 0. The molecule has 1 aromatic rings. The van der Waals surface area contributed by atoms with Crippen LogP contribution < -0.4 is 17.0 Å². The summed E-state index contributed by atoms with van der Waals surface area (Å²) >= 11 is 0. The second-order valence-electron chi connectivity index (χ2n) is 3.88. The van der Waals surface area contributed by atoms with Gasteiger partial charge < -0.3 is 15.2 Å². The molecule has 1 rings (SSSR count). The Kier molecular flexibility index (Phi) is 5.11. The zero-order chi connectivity index (χ0) is 13.7. The molecule has 0 unspecified atom stereocenters. The zero-order valence-electron chi connectivity index (χ0n) is 10.9. The van der Waals surface area contributed by atoms with Gasteiger partial charge in [0.2, 0.25) is 0 Å². The molecule has 0 aliphatic heterocycles. The number of ether oxygens (including phenoxy) is 2. The average molecular weight is 257 g/mol. The Morgan fingerprint density at radius 2 is 1.56 bits per heavy atom. The Morgan fingerprint density at radius 1 is 1.06 bits per heavy atom. The molecule has 0 aromatic carbocycles. The van der Waals surface area contributed by atoms with Crippen LogP contribution in [-0.4, -0.2) is 36.6 Å². The van der Waals surface area contributed by atoms with E-state index < -0.39 is 5.56 Å². The van der Waals surface area contributed by atoms with E-state index in [-0.39, 0.29) is 24.5 Å². The van der Waals surface area contributed by atoms with Gasteiger partial charge in [0.05, 0.1) is 26.3 Å². The fraction of sp³-hybridized carbons (Fsp3) is 0.636. The van der Waals surface area contributed by atoms with E-state index >= 15 is 0 Å². The SMILES string of the molecule is COCCn1c(C)c(N)c(=O)n(CCOC)c1=O. The summed E-state index contributed by atoms with van der Waals surface area (Å²) in [5, 5.41) is 0. The smallest absolute Gasteiger partial charge is 0.331 e. The molecule has 0 saturated carbocycles. The summed E-state index contributed by atoms with van der Waals surface area (Å²) in [6.07, 6.45) is 0. The molecule has 7 heteroatoms. The predicted octanol–water partition coefficient (Wildman–Crippen LogP) is -0.807. The molecule has 0 atom stereocenters. The largest absolute Gasteiger partial charge is 0.393 e. The number of hydrogen-bond donors (Lipinski definition) is 1. The van der Waals surface area contributed by atoms with Gasteiger partial charge in [-0.2, -0.15) is 0 Å². The van der Waals surface area contributed by atoms with Crippen LogP contribution in [0.4, 0.5) is 5.69 Å². The number of methoxy groups -OCH3 is 2. The van der Waals surface area contributed by atoms with Crippen LogP contribution >= 0.6 is 0 Å². The molecule has 7 nitrogen and oxygen atoms in total. The van der Waals surface area contributed by atoms with Gasteiger partial charge in [-0.05, 0) is 6.92 Å². The number of rotatable bonds is 6. The third-order valence-corrected chi connectivity index (χ3v) is 2.77. The van der Waals surface area contributed by atoms with E-state index in [1.54, 1.807) is 14.0 Å². The first kappa shape index (κ1) is 14.5. The summed E-state index contributed by atoms with van der Waals surface area (Å²) in [5.74, 6) is 0. The maximum Gasteiger partial charge on any atom is 0.331 e. The summed E-state index contributed by atoms with van der Waals surface area (Å²) in [5.41, 5.74) is 5.42. The molecule has 102 valence electrons. The van der Waals surface area contributed by atoms with Crippen LogP contribution in [0.1, 0.15) is 5.69 Å². The minimum absolute atomic E-state index is 0.0850. The van der Waals surface area contributed by atoms with Crippen molar-refractivity contribution in [1.82, 2.24) is 9.13 Å². The molecule has 1 heterocycles. The molecule has 0 radical (unpaired) electrons. The van der Waals surface area contributed by atoms with Crippen molar-refractivity contribution < 1.29 is 9.47 Å². The van der Waals surface area contributed by atoms with Crippen molar-refractivity contribution in [3.63, 3.8) is 0 Å². The first-order chi connectivity index (χ1) is 8.54. The Hall–Kier alpha value is -1.60. The highest BCUT2D eigenvalue weighted by Crippen LogP contribution is 2.01. The quantitative estimate of drug-likeness (QED) is 0.720. The van der Waals surface area contributed by atoms with Gasteiger partial charge in [-0.25, -0.2) is 4.79 Å². The Balaban J connectivity index is 3.30. The van der Waals surface area contributed by atoms with Gasteiger partial charge in [-0.3, -0.25) is 13.9 Å². The molecule has 0 aliphatic rings. The van der Waals surface area contributed by atoms with Gasteiger partial charge in [0.15, 0.2) is 0 Å². The lowest BCUT2D eigenvalue weighted by atomic mass is 10.3. The molecule has 1 aromatic heterocycles. The van der Waals surface area contributed by atoms with E-state index in [2.05, 4.69) is 0 Å². The minimum atomic E-state index is -0.469. The number of hydrogen-bond acceptors (Lipinski definition) is 5. The van der Waals surface area contributed by atoms with Gasteiger partial charge in [0, 0.05) is 19.9 Å². The van der Waals surface area contributed by atoms with E-state index in [4.69, 9.17) is 15.2 Å². The first-order valence-electron chi connectivity index (χ1n) is 5.62. The van der Waals surface area contributed by atoms with Gasteiger partial charge >= 0.3 is 5.69 Å². The van der Waals surface area contributed by atoms with Crippen molar-refractivity contribution in [2.24, 2.45) is 0 Å². The van der Waals surface area contributed by atoms with Gasteiger partial charge in [0.25, 0.3) is 5.56 Å². The molecule has 0 aliphatic carbocycles. The molecule has 2 N–H and O–H groups in total. The van der Waals surface area contributed by atoms with Crippen molar-refractivity contribution in [3.05, 3.63) is 26.5 Å². The highest BCUT2D eigenvalue weighted by Gasteiger charge is 2.13. The monoisotopic (exact) mass is 257 g/mol. The van der Waals surface area contributed by atoms with Crippen LogP contribution in [0.3, 0.4) is 0 Å². The lowest BCUT2D eigenvalue weighted by Crippen LogP contribution is -2.43. The van der Waals surface area contributed by atoms with E-state index in [1.807, 2.05) is 0 Å². The molecule has 0 bridgehead atoms.